The molecule has 1 saturated heterocycles. The van der Waals surface area contributed by atoms with Crippen molar-refractivity contribution in [2.45, 2.75) is 25.1 Å². The molecule has 0 aliphatic carbocycles. The van der Waals surface area contributed by atoms with Gasteiger partial charge in [-0.25, -0.2) is 4.98 Å². The van der Waals surface area contributed by atoms with E-state index in [1.54, 1.807) is 12.3 Å². The summed E-state index contributed by atoms with van der Waals surface area (Å²) in [5, 5.41) is 9.82. The van der Waals surface area contributed by atoms with Gasteiger partial charge in [0.2, 0.25) is 0 Å². The van der Waals surface area contributed by atoms with Crippen LogP contribution in [0.1, 0.15) is 22.3 Å². The van der Waals surface area contributed by atoms with E-state index < -0.39 is 12.7 Å². The van der Waals surface area contributed by atoms with Gasteiger partial charge in [-0.2, -0.15) is 13.2 Å². The summed E-state index contributed by atoms with van der Waals surface area (Å²) in [7, 11) is 2.85. The quantitative estimate of drug-likeness (QED) is 0.503. The summed E-state index contributed by atoms with van der Waals surface area (Å²) < 4.78 is 45.4. The number of fused-ring (bicyclic) bond motifs is 1. The fourth-order valence-corrected chi connectivity index (χ4v) is 4.39. The van der Waals surface area contributed by atoms with Crippen molar-refractivity contribution < 1.29 is 27.8 Å². The molecule has 34 heavy (non-hydrogen) atoms. The standard InChI is InChI=1S/C24H27F3N4O3/c1-29(15-24(25,26)27)6-3-16-9-17(10-22(34-2)20(16)14-32)21-12-28-23-11-18(4-8-31(21)23)30-7-5-19(33)13-30/h4,8-12,14,19,33H,3,5-7,13,15H2,1-2H3/t19-/m1/s1. The molecule has 1 aliphatic heterocycles. The molecule has 10 heteroatoms. The topological polar surface area (TPSA) is 70.3 Å². The number of benzene rings is 1. The molecule has 7 nitrogen and oxygen atoms in total. The minimum Gasteiger partial charge on any atom is -0.496 e. The first kappa shape index (κ1) is 24.0. The summed E-state index contributed by atoms with van der Waals surface area (Å²) in [6, 6.07) is 7.45. The molecule has 1 aromatic carbocycles. The Morgan fingerprint density at radius 1 is 1.32 bits per heavy atom. The number of aldehydes is 1. The highest BCUT2D eigenvalue weighted by atomic mass is 19.4. The first-order valence-corrected chi connectivity index (χ1v) is 11.0. The van der Waals surface area contributed by atoms with Gasteiger partial charge in [0, 0.05) is 43.1 Å². The van der Waals surface area contributed by atoms with E-state index in [0.717, 1.165) is 35.6 Å². The zero-order valence-corrected chi connectivity index (χ0v) is 19.0. The van der Waals surface area contributed by atoms with Crippen molar-refractivity contribution in [3.63, 3.8) is 0 Å². The van der Waals surface area contributed by atoms with E-state index in [1.807, 2.05) is 28.8 Å². The van der Waals surface area contributed by atoms with Crippen LogP contribution in [-0.4, -0.2) is 78.3 Å². The molecule has 1 fully saturated rings. The maximum atomic E-state index is 12.7. The fourth-order valence-electron chi connectivity index (χ4n) is 4.39. The highest BCUT2D eigenvalue weighted by Gasteiger charge is 2.29. The number of hydrogen-bond donors (Lipinski definition) is 1. The summed E-state index contributed by atoms with van der Waals surface area (Å²) >= 11 is 0. The average molecular weight is 476 g/mol. The summed E-state index contributed by atoms with van der Waals surface area (Å²) in [6.45, 7) is 0.469. The van der Waals surface area contributed by atoms with Gasteiger partial charge in [0.05, 0.1) is 37.2 Å². The number of alkyl halides is 3. The smallest absolute Gasteiger partial charge is 0.401 e. The SMILES string of the molecule is COc1cc(-c2cnc3cc(N4CC[C@@H](O)C4)ccn23)cc(CCN(C)CC(F)(F)F)c1C=O. The Kier molecular flexibility index (Phi) is 6.81. The third-order valence-corrected chi connectivity index (χ3v) is 6.10. The van der Waals surface area contributed by atoms with Crippen LogP contribution in [0.25, 0.3) is 16.9 Å². The lowest BCUT2D eigenvalue weighted by Gasteiger charge is -2.20. The highest BCUT2D eigenvalue weighted by molar-refractivity contribution is 5.84. The number of carbonyl (C=O) groups is 1. The number of aromatic nitrogens is 2. The molecule has 1 aliphatic rings. The number of likely N-dealkylation sites (N-methyl/N-ethyl adjacent to an activating group) is 1. The second-order valence-corrected chi connectivity index (χ2v) is 8.62. The van der Waals surface area contributed by atoms with E-state index in [-0.39, 0.29) is 19.1 Å². The molecule has 3 aromatic rings. The lowest BCUT2D eigenvalue weighted by Crippen LogP contribution is -2.32. The number of ether oxygens (including phenoxy) is 1. The van der Waals surface area contributed by atoms with Crippen LogP contribution < -0.4 is 9.64 Å². The van der Waals surface area contributed by atoms with E-state index in [1.165, 1.54) is 19.1 Å². The number of hydrogen-bond acceptors (Lipinski definition) is 6. The second kappa shape index (κ2) is 9.63. The van der Waals surface area contributed by atoms with Crippen LogP contribution in [0.15, 0.2) is 36.7 Å². The Hall–Kier alpha value is -3.11. The first-order valence-electron chi connectivity index (χ1n) is 11.0. The van der Waals surface area contributed by atoms with Gasteiger partial charge in [-0.05, 0) is 43.7 Å². The number of aliphatic hydroxyl groups is 1. The van der Waals surface area contributed by atoms with Crippen LogP contribution >= 0.6 is 0 Å². The van der Waals surface area contributed by atoms with Crippen molar-refractivity contribution in [2.75, 3.05) is 45.2 Å². The molecule has 2 aromatic heterocycles. The number of methoxy groups -OCH3 is 1. The van der Waals surface area contributed by atoms with Gasteiger partial charge in [-0.15, -0.1) is 0 Å². The Morgan fingerprint density at radius 2 is 2.12 bits per heavy atom. The lowest BCUT2D eigenvalue weighted by molar-refractivity contribution is -0.142. The maximum Gasteiger partial charge on any atom is 0.401 e. The molecule has 182 valence electrons. The van der Waals surface area contributed by atoms with Gasteiger partial charge in [0.1, 0.15) is 11.4 Å². The van der Waals surface area contributed by atoms with Crippen molar-refractivity contribution in [3.05, 3.63) is 47.8 Å². The van der Waals surface area contributed by atoms with E-state index >= 15 is 0 Å². The van der Waals surface area contributed by atoms with E-state index in [4.69, 9.17) is 4.74 Å². The number of imidazole rings is 1. The van der Waals surface area contributed by atoms with Gasteiger partial charge >= 0.3 is 6.18 Å². The molecule has 0 radical (unpaired) electrons. The third kappa shape index (κ3) is 5.18. The molecule has 0 amide bonds. The number of nitrogens with zero attached hydrogens (tertiary/aromatic N) is 4. The van der Waals surface area contributed by atoms with Crippen molar-refractivity contribution >= 4 is 17.6 Å². The van der Waals surface area contributed by atoms with Gasteiger partial charge in [-0.3, -0.25) is 14.1 Å². The van der Waals surface area contributed by atoms with Crippen LogP contribution in [0.2, 0.25) is 0 Å². The number of anilines is 1. The number of halogens is 3. The van der Waals surface area contributed by atoms with Crippen LogP contribution in [0, 0.1) is 0 Å². The summed E-state index contributed by atoms with van der Waals surface area (Å²) in [4.78, 5) is 19.6. The normalized spacial score (nSPS) is 16.6. The number of carbonyl (C=O) groups excluding carboxylic acids is 1. The summed E-state index contributed by atoms with van der Waals surface area (Å²) in [5.74, 6) is 0.360. The van der Waals surface area contributed by atoms with Crippen LogP contribution in [-0.2, 0) is 6.42 Å². The number of rotatable bonds is 8. The predicted molar refractivity (Wildman–Crippen MR) is 123 cm³/mol. The minimum atomic E-state index is -4.29. The van der Waals surface area contributed by atoms with Gasteiger partial charge < -0.3 is 14.7 Å². The second-order valence-electron chi connectivity index (χ2n) is 8.62. The van der Waals surface area contributed by atoms with Crippen molar-refractivity contribution in [2.24, 2.45) is 0 Å². The molecule has 1 N–H and O–H groups in total. The van der Waals surface area contributed by atoms with Crippen LogP contribution in [0.3, 0.4) is 0 Å². The zero-order chi connectivity index (χ0) is 24.5. The Balaban J connectivity index is 1.65. The Labute approximate surface area is 195 Å². The number of pyridine rings is 1. The molecule has 1 atom stereocenters. The zero-order valence-electron chi connectivity index (χ0n) is 19.0. The molecule has 4 rings (SSSR count). The van der Waals surface area contributed by atoms with Crippen LogP contribution in [0.5, 0.6) is 5.75 Å². The number of β-amino-alcohol motifs (C(OH)–C–C–N with tert-alkyl or cyclic N) is 1. The third-order valence-electron chi connectivity index (χ3n) is 6.10. The molecule has 0 unspecified atom stereocenters. The van der Waals surface area contributed by atoms with Gasteiger partial charge in [0.25, 0.3) is 0 Å². The Bertz CT molecular complexity index is 1180. The molecule has 0 spiro atoms. The molecule has 0 saturated carbocycles. The average Bonchev–Trinajstić information content (AvgIpc) is 3.41. The minimum absolute atomic E-state index is 0.130. The highest BCUT2D eigenvalue weighted by Crippen LogP contribution is 2.32. The largest absolute Gasteiger partial charge is 0.496 e. The molecule has 3 heterocycles. The fraction of sp³-hybridized carbons (Fsp3) is 0.417. The van der Waals surface area contributed by atoms with Crippen molar-refractivity contribution in [3.8, 4) is 17.0 Å². The monoisotopic (exact) mass is 476 g/mol. The first-order chi connectivity index (χ1) is 16.2. The Morgan fingerprint density at radius 3 is 2.76 bits per heavy atom. The lowest BCUT2D eigenvalue weighted by atomic mass is 9.99. The van der Waals surface area contributed by atoms with Gasteiger partial charge in [-0.1, -0.05) is 0 Å². The maximum absolute atomic E-state index is 12.7. The van der Waals surface area contributed by atoms with E-state index in [0.29, 0.717) is 29.7 Å². The summed E-state index contributed by atoms with van der Waals surface area (Å²) in [6.07, 6.45) is 0.653. The van der Waals surface area contributed by atoms with E-state index in [9.17, 15) is 23.1 Å². The molecule has 0 bridgehead atoms. The summed E-state index contributed by atoms with van der Waals surface area (Å²) in [5.41, 5.74) is 4.14. The molecular formula is C24H27F3N4O3. The van der Waals surface area contributed by atoms with Crippen LogP contribution in [0.4, 0.5) is 18.9 Å². The number of aliphatic hydroxyl groups excluding tert-OH is 1. The predicted octanol–water partition coefficient (Wildman–Crippen LogP) is 3.43. The van der Waals surface area contributed by atoms with Crippen molar-refractivity contribution in [1.82, 2.24) is 14.3 Å². The van der Waals surface area contributed by atoms with Crippen molar-refractivity contribution in [1.29, 1.82) is 0 Å². The molecular weight excluding hydrogens is 449 g/mol. The van der Waals surface area contributed by atoms with E-state index in [2.05, 4.69) is 9.88 Å². The van der Waals surface area contributed by atoms with Gasteiger partial charge in [0.15, 0.2) is 6.29 Å².